The molecule has 24 heavy (non-hydrogen) atoms. The van der Waals surface area contributed by atoms with Crippen LogP contribution >= 0.6 is 24.0 Å². The Hall–Kier alpha value is -1.02. The first-order chi connectivity index (χ1) is 11.4. The fourth-order valence-electron chi connectivity index (χ4n) is 2.75. The van der Waals surface area contributed by atoms with Crippen molar-refractivity contribution in [2.45, 2.75) is 25.7 Å². The molecule has 0 aromatic heterocycles. The SMILES string of the molecule is CN=C(NCCCCN1CCCC1)NCCOc1ccccc1.I. The normalized spacial score (nSPS) is 15.0. The molecular formula is C18H31IN4O. The summed E-state index contributed by atoms with van der Waals surface area (Å²) in [5, 5.41) is 6.63. The van der Waals surface area contributed by atoms with Crippen molar-refractivity contribution >= 4 is 29.9 Å². The van der Waals surface area contributed by atoms with E-state index in [2.05, 4.69) is 20.5 Å². The van der Waals surface area contributed by atoms with Crippen molar-refractivity contribution in [2.24, 2.45) is 4.99 Å². The number of likely N-dealkylation sites (tertiary alicyclic amines) is 1. The third-order valence-corrected chi connectivity index (χ3v) is 4.02. The topological polar surface area (TPSA) is 48.9 Å². The van der Waals surface area contributed by atoms with Crippen LogP contribution in [0, 0.1) is 0 Å². The van der Waals surface area contributed by atoms with Crippen molar-refractivity contribution in [3.63, 3.8) is 0 Å². The number of nitrogens with one attached hydrogen (secondary N) is 2. The minimum atomic E-state index is 0. The number of benzene rings is 1. The maximum atomic E-state index is 5.65. The average molecular weight is 446 g/mol. The van der Waals surface area contributed by atoms with Crippen molar-refractivity contribution in [2.75, 3.05) is 46.4 Å². The Bertz CT molecular complexity index is 450. The Kier molecular flexibility index (Phi) is 11.6. The van der Waals surface area contributed by atoms with Crippen LogP contribution in [0.1, 0.15) is 25.7 Å². The Balaban J connectivity index is 0.00000288. The summed E-state index contributed by atoms with van der Waals surface area (Å²) in [6.07, 6.45) is 5.18. The lowest BCUT2D eigenvalue weighted by Gasteiger charge is -2.15. The number of hydrogen-bond donors (Lipinski definition) is 2. The van der Waals surface area contributed by atoms with Crippen LogP contribution in [-0.2, 0) is 0 Å². The molecule has 0 unspecified atom stereocenters. The molecule has 1 aliphatic rings. The molecule has 0 radical (unpaired) electrons. The zero-order valence-electron chi connectivity index (χ0n) is 14.7. The molecule has 2 N–H and O–H groups in total. The molecule has 2 rings (SSSR count). The van der Waals surface area contributed by atoms with Crippen molar-refractivity contribution < 1.29 is 4.74 Å². The summed E-state index contributed by atoms with van der Waals surface area (Å²) >= 11 is 0. The second-order valence-electron chi connectivity index (χ2n) is 5.84. The number of halogens is 1. The fraction of sp³-hybridized carbons (Fsp3) is 0.611. The summed E-state index contributed by atoms with van der Waals surface area (Å²) in [6, 6.07) is 9.87. The second-order valence-corrected chi connectivity index (χ2v) is 5.84. The van der Waals surface area contributed by atoms with Gasteiger partial charge in [-0.1, -0.05) is 18.2 Å². The fourth-order valence-corrected chi connectivity index (χ4v) is 2.75. The van der Waals surface area contributed by atoms with E-state index in [1.807, 2.05) is 30.3 Å². The van der Waals surface area contributed by atoms with E-state index in [0.717, 1.165) is 24.8 Å². The molecule has 0 spiro atoms. The minimum absolute atomic E-state index is 0. The molecule has 0 aliphatic carbocycles. The van der Waals surface area contributed by atoms with E-state index >= 15 is 0 Å². The molecule has 1 aliphatic heterocycles. The van der Waals surface area contributed by atoms with E-state index in [1.54, 1.807) is 7.05 Å². The first-order valence-corrected chi connectivity index (χ1v) is 8.73. The van der Waals surface area contributed by atoms with Gasteiger partial charge in [-0.15, -0.1) is 24.0 Å². The summed E-state index contributed by atoms with van der Waals surface area (Å²) < 4.78 is 5.65. The minimum Gasteiger partial charge on any atom is -0.492 e. The molecule has 0 saturated carbocycles. The van der Waals surface area contributed by atoms with Gasteiger partial charge in [0.25, 0.3) is 0 Å². The van der Waals surface area contributed by atoms with Crippen LogP contribution in [0.2, 0.25) is 0 Å². The highest BCUT2D eigenvalue weighted by Crippen LogP contribution is 2.08. The Morgan fingerprint density at radius 2 is 1.79 bits per heavy atom. The van der Waals surface area contributed by atoms with Gasteiger partial charge in [0.15, 0.2) is 5.96 Å². The van der Waals surface area contributed by atoms with Crippen molar-refractivity contribution in [1.29, 1.82) is 0 Å². The molecule has 1 aromatic rings. The lowest BCUT2D eigenvalue weighted by atomic mass is 10.3. The monoisotopic (exact) mass is 446 g/mol. The summed E-state index contributed by atoms with van der Waals surface area (Å²) in [6.45, 7) is 6.14. The predicted molar refractivity (Wildman–Crippen MR) is 112 cm³/mol. The maximum absolute atomic E-state index is 5.65. The van der Waals surface area contributed by atoms with Gasteiger partial charge in [-0.25, -0.2) is 0 Å². The molecule has 0 bridgehead atoms. The molecule has 136 valence electrons. The summed E-state index contributed by atoms with van der Waals surface area (Å²) in [5.41, 5.74) is 0. The lowest BCUT2D eigenvalue weighted by molar-refractivity contribution is 0.321. The average Bonchev–Trinajstić information content (AvgIpc) is 3.11. The predicted octanol–water partition coefficient (Wildman–Crippen LogP) is 2.72. The third-order valence-electron chi connectivity index (χ3n) is 4.02. The van der Waals surface area contributed by atoms with Gasteiger partial charge in [0, 0.05) is 13.6 Å². The molecule has 5 nitrogen and oxygen atoms in total. The van der Waals surface area contributed by atoms with Crippen LogP contribution in [-0.4, -0.2) is 57.2 Å². The second kappa shape index (κ2) is 13.3. The molecule has 0 amide bonds. The number of nitrogens with zero attached hydrogens (tertiary/aromatic N) is 2. The Morgan fingerprint density at radius 1 is 1.08 bits per heavy atom. The first-order valence-electron chi connectivity index (χ1n) is 8.73. The molecule has 1 fully saturated rings. The highest BCUT2D eigenvalue weighted by molar-refractivity contribution is 14.0. The first kappa shape index (κ1) is 21.0. The smallest absolute Gasteiger partial charge is 0.191 e. The quantitative estimate of drug-likeness (QED) is 0.265. The number of para-hydroxylation sites is 1. The lowest BCUT2D eigenvalue weighted by Crippen LogP contribution is -2.39. The number of ether oxygens (including phenoxy) is 1. The molecule has 1 aromatic carbocycles. The van der Waals surface area contributed by atoms with Gasteiger partial charge < -0.3 is 20.3 Å². The van der Waals surface area contributed by atoms with Gasteiger partial charge in [-0.3, -0.25) is 4.99 Å². The zero-order chi connectivity index (χ0) is 16.2. The van der Waals surface area contributed by atoms with Gasteiger partial charge in [0.05, 0.1) is 6.54 Å². The molecule has 0 atom stereocenters. The van der Waals surface area contributed by atoms with Crippen molar-refractivity contribution in [1.82, 2.24) is 15.5 Å². The van der Waals surface area contributed by atoms with Gasteiger partial charge in [-0.2, -0.15) is 0 Å². The number of unbranched alkanes of at least 4 members (excludes halogenated alkanes) is 1. The van der Waals surface area contributed by atoms with Crippen LogP contribution in [0.25, 0.3) is 0 Å². The number of hydrogen-bond acceptors (Lipinski definition) is 3. The van der Waals surface area contributed by atoms with Crippen LogP contribution in [0.5, 0.6) is 5.75 Å². The van der Waals surface area contributed by atoms with E-state index < -0.39 is 0 Å². The van der Waals surface area contributed by atoms with Gasteiger partial charge >= 0.3 is 0 Å². The maximum Gasteiger partial charge on any atom is 0.191 e. The van der Waals surface area contributed by atoms with Crippen molar-refractivity contribution in [3.8, 4) is 5.75 Å². The Morgan fingerprint density at radius 3 is 2.50 bits per heavy atom. The van der Waals surface area contributed by atoms with E-state index in [4.69, 9.17) is 4.74 Å². The van der Waals surface area contributed by atoms with Gasteiger partial charge in [-0.05, 0) is 57.5 Å². The number of guanidine groups is 1. The standard InChI is InChI=1S/C18H30N4O.HI/c1-19-18(20-11-5-6-13-22-14-7-8-15-22)21-12-16-23-17-9-3-2-4-10-17;/h2-4,9-10H,5-8,11-16H2,1H3,(H2,19,20,21);1H. The highest BCUT2D eigenvalue weighted by atomic mass is 127. The van der Waals surface area contributed by atoms with Crippen LogP contribution in [0.15, 0.2) is 35.3 Å². The van der Waals surface area contributed by atoms with Crippen LogP contribution in [0.3, 0.4) is 0 Å². The molecule has 6 heteroatoms. The number of aliphatic imine (C=N–C) groups is 1. The third kappa shape index (κ3) is 8.73. The van der Waals surface area contributed by atoms with Crippen molar-refractivity contribution in [3.05, 3.63) is 30.3 Å². The van der Waals surface area contributed by atoms with Crippen LogP contribution in [0.4, 0.5) is 0 Å². The van der Waals surface area contributed by atoms with E-state index in [1.165, 1.54) is 45.3 Å². The Labute approximate surface area is 163 Å². The molecule has 1 saturated heterocycles. The summed E-state index contributed by atoms with van der Waals surface area (Å²) in [5.74, 6) is 1.75. The molecular weight excluding hydrogens is 415 g/mol. The molecule has 1 heterocycles. The zero-order valence-corrected chi connectivity index (χ0v) is 17.0. The van der Waals surface area contributed by atoms with E-state index in [9.17, 15) is 0 Å². The van der Waals surface area contributed by atoms with E-state index in [-0.39, 0.29) is 24.0 Å². The summed E-state index contributed by atoms with van der Waals surface area (Å²) in [4.78, 5) is 6.80. The van der Waals surface area contributed by atoms with Gasteiger partial charge in [0.1, 0.15) is 12.4 Å². The van der Waals surface area contributed by atoms with Gasteiger partial charge in [0.2, 0.25) is 0 Å². The largest absolute Gasteiger partial charge is 0.492 e. The van der Waals surface area contributed by atoms with E-state index in [0.29, 0.717) is 6.61 Å². The van der Waals surface area contributed by atoms with Crippen LogP contribution < -0.4 is 15.4 Å². The number of rotatable bonds is 9. The highest BCUT2D eigenvalue weighted by Gasteiger charge is 2.09. The summed E-state index contributed by atoms with van der Waals surface area (Å²) in [7, 11) is 1.80.